The van der Waals surface area contributed by atoms with Crippen molar-refractivity contribution in [1.82, 2.24) is 4.90 Å². The lowest BCUT2D eigenvalue weighted by molar-refractivity contribution is 0.00966. The van der Waals surface area contributed by atoms with Gasteiger partial charge in [0.05, 0.1) is 0 Å². The van der Waals surface area contributed by atoms with Crippen molar-refractivity contribution in [3.63, 3.8) is 0 Å². The molecule has 1 aliphatic carbocycles. The van der Waals surface area contributed by atoms with Crippen LogP contribution in [0.25, 0.3) is 0 Å². The standard InChI is InChI=1S/C10H19NO/c1-7(2)11-5-9-3-8(6-12)4-10(9)11/h7-10,12H,3-6H2,1-2H3. The van der Waals surface area contributed by atoms with Gasteiger partial charge in [-0.1, -0.05) is 0 Å². The molecule has 0 radical (unpaired) electrons. The Morgan fingerprint density at radius 2 is 2.17 bits per heavy atom. The van der Waals surface area contributed by atoms with E-state index >= 15 is 0 Å². The molecule has 1 N–H and O–H groups in total. The van der Waals surface area contributed by atoms with E-state index in [9.17, 15) is 0 Å². The van der Waals surface area contributed by atoms with Crippen LogP contribution in [0.2, 0.25) is 0 Å². The van der Waals surface area contributed by atoms with E-state index in [0.717, 1.165) is 12.0 Å². The first-order valence-corrected chi connectivity index (χ1v) is 5.09. The molecular formula is C10H19NO. The Morgan fingerprint density at radius 1 is 1.42 bits per heavy atom. The van der Waals surface area contributed by atoms with Crippen molar-refractivity contribution in [3.8, 4) is 0 Å². The third kappa shape index (κ3) is 1.17. The third-order valence-electron chi connectivity index (χ3n) is 3.55. The minimum Gasteiger partial charge on any atom is -0.396 e. The van der Waals surface area contributed by atoms with Crippen molar-refractivity contribution in [2.24, 2.45) is 11.8 Å². The molecule has 1 aliphatic heterocycles. The molecule has 3 unspecified atom stereocenters. The van der Waals surface area contributed by atoms with Crippen molar-refractivity contribution >= 4 is 0 Å². The van der Waals surface area contributed by atoms with Gasteiger partial charge in [0.1, 0.15) is 0 Å². The van der Waals surface area contributed by atoms with Crippen LogP contribution in [0, 0.1) is 11.8 Å². The molecule has 0 amide bonds. The van der Waals surface area contributed by atoms with Crippen LogP contribution in [0.4, 0.5) is 0 Å². The number of hydrogen-bond acceptors (Lipinski definition) is 2. The maximum absolute atomic E-state index is 9.04. The predicted molar refractivity (Wildman–Crippen MR) is 48.9 cm³/mol. The lowest BCUT2D eigenvalue weighted by atomic mass is 9.90. The zero-order valence-electron chi connectivity index (χ0n) is 8.03. The molecule has 70 valence electrons. The summed E-state index contributed by atoms with van der Waals surface area (Å²) in [5.41, 5.74) is 0. The molecule has 1 saturated carbocycles. The van der Waals surface area contributed by atoms with E-state index in [1.165, 1.54) is 19.4 Å². The predicted octanol–water partition coefficient (Wildman–Crippen LogP) is 1.10. The second-order valence-electron chi connectivity index (χ2n) is 4.64. The van der Waals surface area contributed by atoms with Crippen LogP contribution < -0.4 is 0 Å². The van der Waals surface area contributed by atoms with Crippen LogP contribution in [0.3, 0.4) is 0 Å². The highest BCUT2D eigenvalue weighted by atomic mass is 16.3. The lowest BCUT2D eigenvalue weighted by Gasteiger charge is -2.47. The second-order valence-corrected chi connectivity index (χ2v) is 4.64. The van der Waals surface area contributed by atoms with E-state index in [0.29, 0.717) is 18.6 Å². The van der Waals surface area contributed by atoms with Gasteiger partial charge in [-0.15, -0.1) is 0 Å². The van der Waals surface area contributed by atoms with Gasteiger partial charge in [-0.2, -0.15) is 0 Å². The summed E-state index contributed by atoms with van der Waals surface area (Å²) in [6.45, 7) is 6.21. The van der Waals surface area contributed by atoms with E-state index < -0.39 is 0 Å². The number of aliphatic hydroxyl groups is 1. The summed E-state index contributed by atoms with van der Waals surface area (Å²) in [6, 6.07) is 1.51. The molecule has 12 heavy (non-hydrogen) atoms. The maximum Gasteiger partial charge on any atom is 0.0459 e. The Hall–Kier alpha value is -0.0800. The van der Waals surface area contributed by atoms with Gasteiger partial charge in [-0.05, 0) is 38.5 Å². The number of rotatable bonds is 2. The average Bonchev–Trinajstić information content (AvgIpc) is 2.29. The van der Waals surface area contributed by atoms with Crippen molar-refractivity contribution in [2.45, 2.75) is 38.8 Å². The average molecular weight is 169 g/mol. The summed E-state index contributed by atoms with van der Waals surface area (Å²) < 4.78 is 0. The molecule has 3 atom stereocenters. The highest BCUT2D eigenvalue weighted by Crippen LogP contribution is 2.42. The molecule has 2 rings (SSSR count). The molecule has 2 heteroatoms. The summed E-state index contributed by atoms with van der Waals surface area (Å²) >= 11 is 0. The summed E-state index contributed by atoms with van der Waals surface area (Å²) in [6.07, 6.45) is 2.50. The van der Waals surface area contributed by atoms with Gasteiger partial charge >= 0.3 is 0 Å². The van der Waals surface area contributed by atoms with Gasteiger partial charge < -0.3 is 5.11 Å². The summed E-state index contributed by atoms with van der Waals surface area (Å²) in [4.78, 5) is 2.57. The summed E-state index contributed by atoms with van der Waals surface area (Å²) in [7, 11) is 0. The van der Waals surface area contributed by atoms with Gasteiger partial charge in [0.15, 0.2) is 0 Å². The number of nitrogens with zero attached hydrogens (tertiary/aromatic N) is 1. The minimum absolute atomic E-state index is 0.402. The first-order valence-electron chi connectivity index (χ1n) is 5.09. The fraction of sp³-hybridized carbons (Fsp3) is 1.00. The van der Waals surface area contributed by atoms with Crippen LogP contribution in [0.15, 0.2) is 0 Å². The second kappa shape index (κ2) is 3.00. The first kappa shape index (κ1) is 8.52. The van der Waals surface area contributed by atoms with Crippen LogP contribution in [0.1, 0.15) is 26.7 Å². The number of aliphatic hydroxyl groups excluding tert-OH is 1. The molecule has 1 heterocycles. The van der Waals surface area contributed by atoms with Gasteiger partial charge in [-0.3, -0.25) is 4.90 Å². The highest BCUT2D eigenvalue weighted by Gasteiger charge is 2.46. The number of likely N-dealkylation sites (tertiary alicyclic amines) is 1. The smallest absolute Gasteiger partial charge is 0.0459 e. The van der Waals surface area contributed by atoms with E-state index in [1.807, 2.05) is 0 Å². The maximum atomic E-state index is 9.04. The number of hydrogen-bond donors (Lipinski definition) is 1. The van der Waals surface area contributed by atoms with Crippen molar-refractivity contribution in [3.05, 3.63) is 0 Å². The Balaban J connectivity index is 1.90. The van der Waals surface area contributed by atoms with Crippen LogP contribution in [0.5, 0.6) is 0 Å². The molecule has 0 bridgehead atoms. The van der Waals surface area contributed by atoms with Gasteiger partial charge in [0.2, 0.25) is 0 Å². The highest BCUT2D eigenvalue weighted by molar-refractivity contribution is 5.00. The Kier molecular flexibility index (Phi) is 2.13. The minimum atomic E-state index is 0.402. The Labute approximate surface area is 74.6 Å². The summed E-state index contributed by atoms with van der Waals surface area (Å²) in [5, 5.41) is 9.04. The largest absolute Gasteiger partial charge is 0.396 e. The molecule has 2 aliphatic rings. The fourth-order valence-electron chi connectivity index (χ4n) is 2.83. The Morgan fingerprint density at radius 3 is 2.75 bits per heavy atom. The zero-order chi connectivity index (χ0) is 8.72. The van der Waals surface area contributed by atoms with E-state index in [4.69, 9.17) is 5.11 Å². The van der Waals surface area contributed by atoms with Gasteiger partial charge in [0.25, 0.3) is 0 Å². The molecular weight excluding hydrogens is 150 g/mol. The molecule has 0 aromatic carbocycles. The Bertz CT molecular complexity index is 169. The van der Waals surface area contributed by atoms with Crippen LogP contribution in [-0.4, -0.2) is 35.2 Å². The SMILES string of the molecule is CC(C)N1CC2CC(CO)CC21. The molecule has 2 nitrogen and oxygen atoms in total. The van der Waals surface area contributed by atoms with Crippen molar-refractivity contribution < 1.29 is 5.11 Å². The number of fused-ring (bicyclic) bond motifs is 1. The zero-order valence-corrected chi connectivity index (χ0v) is 8.03. The quantitative estimate of drug-likeness (QED) is 0.669. The third-order valence-corrected chi connectivity index (χ3v) is 3.55. The summed E-state index contributed by atoms with van der Waals surface area (Å²) in [5.74, 6) is 1.51. The van der Waals surface area contributed by atoms with Gasteiger partial charge in [0, 0.05) is 25.2 Å². The molecule has 0 aromatic rings. The van der Waals surface area contributed by atoms with E-state index in [2.05, 4.69) is 18.7 Å². The van der Waals surface area contributed by atoms with Crippen molar-refractivity contribution in [2.75, 3.05) is 13.2 Å². The van der Waals surface area contributed by atoms with Crippen LogP contribution >= 0.6 is 0 Å². The fourth-order valence-corrected chi connectivity index (χ4v) is 2.83. The first-order chi connectivity index (χ1) is 5.72. The molecule has 2 fully saturated rings. The molecule has 0 spiro atoms. The lowest BCUT2D eigenvalue weighted by Crippen LogP contribution is -2.56. The molecule has 1 saturated heterocycles. The van der Waals surface area contributed by atoms with Crippen LogP contribution in [-0.2, 0) is 0 Å². The monoisotopic (exact) mass is 169 g/mol. The normalized spacial score (nSPS) is 41.5. The van der Waals surface area contributed by atoms with E-state index in [1.54, 1.807) is 0 Å². The topological polar surface area (TPSA) is 23.5 Å². The van der Waals surface area contributed by atoms with E-state index in [-0.39, 0.29) is 0 Å². The molecule has 0 aromatic heterocycles. The van der Waals surface area contributed by atoms with Gasteiger partial charge in [-0.25, -0.2) is 0 Å². The van der Waals surface area contributed by atoms with Crippen molar-refractivity contribution in [1.29, 1.82) is 0 Å².